The summed E-state index contributed by atoms with van der Waals surface area (Å²) in [5.74, 6) is -0.281. The molecule has 0 atom stereocenters. The molecule has 6 heteroatoms. The number of benzene rings is 1. The Morgan fingerprint density at radius 2 is 1.84 bits per heavy atom. The van der Waals surface area contributed by atoms with E-state index in [-0.39, 0.29) is 16.8 Å². The molecule has 0 amide bonds. The van der Waals surface area contributed by atoms with Crippen LogP contribution < -0.4 is 11.1 Å². The molecule has 3 rings (SSSR count). The van der Waals surface area contributed by atoms with Crippen LogP contribution in [0.5, 0.6) is 0 Å². The first-order valence-electron chi connectivity index (χ1n) is 5.66. The summed E-state index contributed by atoms with van der Waals surface area (Å²) in [6, 6.07) is 7.23. The molecule has 0 fully saturated rings. The summed E-state index contributed by atoms with van der Waals surface area (Å²) in [6.07, 6.45) is 0. The first kappa shape index (κ1) is 11.9. The molecule has 0 aromatic heterocycles. The van der Waals surface area contributed by atoms with Crippen molar-refractivity contribution in [2.75, 3.05) is 0 Å². The number of hydrogen-bond acceptors (Lipinski definition) is 4. The number of nitrogens with zero attached hydrogens (tertiary/aromatic N) is 2. The summed E-state index contributed by atoms with van der Waals surface area (Å²) in [5.41, 5.74) is -0.141. The number of rotatable bonds is 0. The highest BCUT2D eigenvalue weighted by atomic mass is 32.1. The van der Waals surface area contributed by atoms with Gasteiger partial charge in [-0.1, -0.05) is 12.1 Å². The Labute approximate surface area is 111 Å². The van der Waals surface area contributed by atoms with E-state index >= 15 is 0 Å². The molecule has 5 nitrogen and oxygen atoms in total. The molecule has 0 radical (unpaired) electrons. The van der Waals surface area contributed by atoms with Gasteiger partial charge >= 0.3 is 0 Å². The van der Waals surface area contributed by atoms with Crippen molar-refractivity contribution in [1.82, 2.24) is 9.13 Å². The van der Waals surface area contributed by atoms with Gasteiger partial charge in [-0.2, -0.15) is 0 Å². The van der Waals surface area contributed by atoms with Gasteiger partial charge in [0.1, 0.15) is 9.88 Å². The van der Waals surface area contributed by atoms with Gasteiger partial charge in [0.05, 0.1) is 10.2 Å². The Hall–Kier alpha value is -2.21. The van der Waals surface area contributed by atoms with Crippen LogP contribution in [0.25, 0.3) is 10.2 Å². The summed E-state index contributed by atoms with van der Waals surface area (Å²) < 4.78 is 3.49. The quantitative estimate of drug-likeness (QED) is 0.617. The average Bonchev–Trinajstić information content (AvgIpc) is 2.61. The standard InChI is InChI=1S/C13H10N2O3S/c1-7(16)15-8-5-3-4-6-9(8)19-11-10(15)12(17)14(2)13(11)18/h3-6H,1-2H3. The van der Waals surface area contributed by atoms with E-state index in [0.717, 1.165) is 9.27 Å². The number of carbonyl (C=O) groups is 1. The van der Waals surface area contributed by atoms with E-state index < -0.39 is 5.56 Å². The van der Waals surface area contributed by atoms with Crippen LogP contribution in [0.15, 0.2) is 33.9 Å². The van der Waals surface area contributed by atoms with Crippen LogP contribution in [0.4, 0.5) is 0 Å². The van der Waals surface area contributed by atoms with E-state index in [4.69, 9.17) is 0 Å². The molecule has 96 valence electrons. The first-order valence-corrected chi connectivity index (χ1v) is 6.48. The third-order valence-corrected chi connectivity index (χ3v) is 4.22. The third-order valence-electron chi connectivity index (χ3n) is 3.08. The van der Waals surface area contributed by atoms with E-state index in [1.54, 1.807) is 12.1 Å². The van der Waals surface area contributed by atoms with Crippen LogP contribution in [-0.4, -0.2) is 15.0 Å². The minimum absolute atomic E-state index is 0.170. The van der Waals surface area contributed by atoms with E-state index in [2.05, 4.69) is 0 Å². The fraction of sp³-hybridized carbons (Fsp3) is 0.154. The van der Waals surface area contributed by atoms with Gasteiger partial charge < -0.3 is 0 Å². The van der Waals surface area contributed by atoms with E-state index in [9.17, 15) is 14.4 Å². The molecule has 0 unspecified atom stereocenters. The lowest BCUT2D eigenvalue weighted by molar-refractivity contribution is 0.0938. The van der Waals surface area contributed by atoms with Crippen molar-refractivity contribution >= 4 is 27.5 Å². The van der Waals surface area contributed by atoms with Crippen LogP contribution in [-0.2, 0) is 7.05 Å². The van der Waals surface area contributed by atoms with Crippen LogP contribution in [0.1, 0.15) is 11.7 Å². The van der Waals surface area contributed by atoms with Crippen molar-refractivity contribution in [3.05, 3.63) is 54.9 Å². The largest absolute Gasteiger partial charge is 0.279 e. The Kier molecular flexibility index (Phi) is 2.43. The summed E-state index contributed by atoms with van der Waals surface area (Å²) in [5, 5.41) is 0.170. The molecule has 0 N–H and O–H groups in total. The molecule has 0 spiro atoms. The molecule has 19 heavy (non-hydrogen) atoms. The SMILES string of the molecule is CC(=O)n1c2c(=O)n(C)c(=O)c=2sc2ccccc21. The van der Waals surface area contributed by atoms with Crippen LogP contribution in [0, 0.1) is 9.88 Å². The molecule has 2 aliphatic heterocycles. The minimum Gasteiger partial charge on any atom is -0.275 e. The summed E-state index contributed by atoms with van der Waals surface area (Å²) in [6.45, 7) is 1.38. The van der Waals surface area contributed by atoms with E-state index in [1.165, 1.54) is 29.9 Å². The zero-order chi connectivity index (χ0) is 13.7. The molecule has 0 aliphatic carbocycles. The van der Waals surface area contributed by atoms with Gasteiger partial charge in [-0.25, -0.2) is 0 Å². The van der Waals surface area contributed by atoms with E-state index in [0.29, 0.717) is 10.0 Å². The van der Waals surface area contributed by atoms with Gasteiger partial charge in [-0.05, 0) is 12.1 Å². The fourth-order valence-corrected chi connectivity index (χ4v) is 3.31. The summed E-state index contributed by atoms with van der Waals surface area (Å²) >= 11 is 1.24. The van der Waals surface area contributed by atoms with Gasteiger partial charge in [0.15, 0.2) is 0 Å². The second-order valence-electron chi connectivity index (χ2n) is 4.27. The van der Waals surface area contributed by atoms with Gasteiger partial charge in [0.25, 0.3) is 11.1 Å². The van der Waals surface area contributed by atoms with Crippen LogP contribution in [0.3, 0.4) is 0 Å². The lowest BCUT2D eigenvalue weighted by Gasteiger charge is -2.06. The fourth-order valence-electron chi connectivity index (χ4n) is 2.18. The molecule has 2 aliphatic rings. The Morgan fingerprint density at radius 3 is 2.53 bits per heavy atom. The molecule has 0 saturated carbocycles. The molecule has 1 aromatic rings. The Balaban J connectivity index is 2.82. The maximum Gasteiger partial charge on any atom is 0.279 e. The van der Waals surface area contributed by atoms with Crippen molar-refractivity contribution in [2.24, 2.45) is 7.05 Å². The smallest absolute Gasteiger partial charge is 0.275 e. The van der Waals surface area contributed by atoms with Gasteiger partial charge in [0.2, 0.25) is 5.91 Å². The lowest BCUT2D eigenvalue weighted by Crippen LogP contribution is -2.24. The number of fused-ring (bicyclic) bond motifs is 1. The maximum absolute atomic E-state index is 12.1. The molecular weight excluding hydrogens is 264 g/mol. The van der Waals surface area contributed by atoms with Crippen molar-refractivity contribution in [2.45, 2.75) is 6.92 Å². The van der Waals surface area contributed by atoms with E-state index in [1.807, 2.05) is 12.1 Å². The highest BCUT2D eigenvalue weighted by Gasteiger charge is 2.15. The molecule has 0 saturated heterocycles. The second kappa shape index (κ2) is 3.89. The maximum atomic E-state index is 12.1. The first-order chi connectivity index (χ1) is 9.02. The highest BCUT2D eigenvalue weighted by Crippen LogP contribution is 2.19. The van der Waals surface area contributed by atoms with Crippen LogP contribution in [0.2, 0.25) is 0 Å². The Morgan fingerprint density at radius 1 is 1.16 bits per heavy atom. The van der Waals surface area contributed by atoms with Crippen molar-refractivity contribution < 1.29 is 4.79 Å². The summed E-state index contributed by atoms with van der Waals surface area (Å²) in [4.78, 5) is 36.0. The van der Waals surface area contributed by atoms with Gasteiger partial charge in [-0.3, -0.25) is 23.5 Å². The average molecular weight is 274 g/mol. The zero-order valence-corrected chi connectivity index (χ0v) is 11.2. The molecule has 2 heterocycles. The monoisotopic (exact) mass is 274 g/mol. The molecule has 1 aromatic carbocycles. The van der Waals surface area contributed by atoms with Crippen LogP contribution >= 0.6 is 11.3 Å². The molecule has 0 bridgehead atoms. The topological polar surface area (TPSA) is 61.1 Å². The third kappa shape index (κ3) is 1.50. The van der Waals surface area contributed by atoms with Crippen molar-refractivity contribution in [3.8, 4) is 0 Å². The number of aromatic nitrogens is 2. The number of carbonyl (C=O) groups excluding carboxylic acids is 1. The number of hydrogen-bond donors (Lipinski definition) is 0. The minimum atomic E-state index is -0.433. The highest BCUT2D eigenvalue weighted by molar-refractivity contribution is 7.16. The molecular formula is C13H10N2O3S. The predicted molar refractivity (Wildman–Crippen MR) is 72.9 cm³/mol. The number of para-hydroxylation sites is 1. The normalized spacial score (nSPS) is 11.3. The van der Waals surface area contributed by atoms with Gasteiger partial charge in [0, 0.05) is 14.0 Å². The van der Waals surface area contributed by atoms with Crippen molar-refractivity contribution in [3.63, 3.8) is 0 Å². The van der Waals surface area contributed by atoms with Crippen molar-refractivity contribution in [1.29, 1.82) is 0 Å². The lowest BCUT2D eigenvalue weighted by atomic mass is 10.3. The van der Waals surface area contributed by atoms with Gasteiger partial charge in [-0.15, -0.1) is 11.3 Å². The summed E-state index contributed by atoms with van der Waals surface area (Å²) in [7, 11) is 1.42. The Bertz CT molecular complexity index is 993. The second-order valence-corrected chi connectivity index (χ2v) is 5.32. The zero-order valence-electron chi connectivity index (χ0n) is 10.3. The predicted octanol–water partition coefficient (Wildman–Crippen LogP) is 1.15.